The lowest BCUT2D eigenvalue weighted by Crippen LogP contribution is -2.30. The number of hydrogen-bond acceptors (Lipinski definition) is 5. The Kier molecular flexibility index (Phi) is 4.81. The maximum Gasteiger partial charge on any atom is 0.228 e. The molecule has 2 aromatic carbocycles. The van der Waals surface area contributed by atoms with Crippen LogP contribution in [0, 0.1) is 5.92 Å². The van der Waals surface area contributed by atoms with Gasteiger partial charge in [-0.2, -0.15) is 0 Å². The first-order valence-corrected chi connectivity index (χ1v) is 9.19. The highest BCUT2D eigenvalue weighted by molar-refractivity contribution is 5.93. The predicted molar refractivity (Wildman–Crippen MR) is 106 cm³/mol. The van der Waals surface area contributed by atoms with Gasteiger partial charge in [0.05, 0.1) is 32.4 Å². The van der Waals surface area contributed by atoms with Gasteiger partial charge in [0.1, 0.15) is 5.82 Å². The molecule has 0 radical (unpaired) electrons. The monoisotopic (exact) mass is 381 g/mol. The maximum atomic E-state index is 12.9. The molecule has 4 rings (SSSR count). The molecule has 7 nitrogen and oxygen atoms in total. The van der Waals surface area contributed by atoms with E-state index >= 15 is 0 Å². The number of amides is 1. The van der Waals surface area contributed by atoms with E-state index in [1.54, 1.807) is 33.5 Å². The summed E-state index contributed by atoms with van der Waals surface area (Å²) in [7, 11) is 4.65. The van der Waals surface area contributed by atoms with Gasteiger partial charge in [-0.05, 0) is 18.6 Å². The van der Waals surface area contributed by atoms with Crippen molar-refractivity contribution in [3.05, 3.63) is 42.2 Å². The van der Waals surface area contributed by atoms with E-state index in [1.807, 2.05) is 18.2 Å². The van der Waals surface area contributed by atoms with E-state index in [2.05, 4.69) is 16.0 Å². The first-order valence-electron chi connectivity index (χ1n) is 9.19. The summed E-state index contributed by atoms with van der Waals surface area (Å²) in [4.78, 5) is 17.6. The van der Waals surface area contributed by atoms with Crippen LogP contribution in [-0.4, -0.2) is 36.8 Å². The SMILES string of the molecule is COc1cc(NC(=O)C2CCn3c(nc4ccccc43)C2)cc(OC)c1OC. The molecule has 1 amide bonds. The Hall–Kier alpha value is -3.22. The molecule has 1 aromatic heterocycles. The van der Waals surface area contributed by atoms with Crippen molar-refractivity contribution in [2.24, 2.45) is 5.92 Å². The fourth-order valence-electron chi connectivity index (χ4n) is 3.76. The van der Waals surface area contributed by atoms with Crippen LogP contribution < -0.4 is 19.5 Å². The highest BCUT2D eigenvalue weighted by Gasteiger charge is 2.27. The Bertz CT molecular complexity index is 1000. The van der Waals surface area contributed by atoms with E-state index in [0.717, 1.165) is 29.8 Å². The zero-order chi connectivity index (χ0) is 19.7. The lowest BCUT2D eigenvalue weighted by molar-refractivity contribution is -0.120. The van der Waals surface area contributed by atoms with Crippen molar-refractivity contribution in [1.82, 2.24) is 9.55 Å². The van der Waals surface area contributed by atoms with Crippen LogP contribution in [0.3, 0.4) is 0 Å². The predicted octanol–water partition coefficient (Wildman–Crippen LogP) is 3.26. The van der Waals surface area contributed by atoms with Crippen molar-refractivity contribution in [2.75, 3.05) is 26.6 Å². The number of carbonyl (C=O) groups excluding carboxylic acids is 1. The molecule has 146 valence electrons. The second-order valence-electron chi connectivity index (χ2n) is 6.76. The molecule has 0 saturated heterocycles. The second-order valence-corrected chi connectivity index (χ2v) is 6.76. The third-order valence-electron chi connectivity index (χ3n) is 5.17. The third-order valence-corrected chi connectivity index (χ3v) is 5.17. The summed E-state index contributed by atoms with van der Waals surface area (Å²) in [5.74, 6) is 2.29. The Labute approximate surface area is 163 Å². The fourth-order valence-corrected chi connectivity index (χ4v) is 3.76. The average Bonchev–Trinajstić information content (AvgIpc) is 3.10. The topological polar surface area (TPSA) is 74.6 Å². The van der Waals surface area contributed by atoms with Crippen molar-refractivity contribution in [3.63, 3.8) is 0 Å². The summed E-state index contributed by atoms with van der Waals surface area (Å²) in [5.41, 5.74) is 2.71. The standard InChI is InChI=1S/C21H23N3O4/c1-26-17-11-14(12-18(27-2)20(17)28-3)22-21(25)13-8-9-24-16-7-5-4-6-15(16)23-19(24)10-13/h4-7,11-13H,8-10H2,1-3H3,(H,22,25). The molecule has 1 aliphatic heterocycles. The number of aryl methyl sites for hydroxylation is 1. The summed E-state index contributed by atoms with van der Waals surface area (Å²) >= 11 is 0. The number of anilines is 1. The van der Waals surface area contributed by atoms with Gasteiger partial charge in [0, 0.05) is 36.7 Å². The van der Waals surface area contributed by atoms with Crippen LogP contribution in [0.1, 0.15) is 12.2 Å². The van der Waals surface area contributed by atoms with Crippen LogP contribution in [-0.2, 0) is 17.8 Å². The Balaban J connectivity index is 1.54. The first-order chi connectivity index (χ1) is 13.6. The summed E-state index contributed by atoms with van der Waals surface area (Å²) in [6.07, 6.45) is 1.38. The number of nitrogens with zero attached hydrogens (tertiary/aromatic N) is 2. The molecule has 2 heterocycles. The molecule has 7 heteroatoms. The molecular formula is C21H23N3O4. The molecule has 0 spiro atoms. The molecule has 3 aromatic rings. The Morgan fingerprint density at radius 2 is 1.82 bits per heavy atom. The van der Waals surface area contributed by atoms with Gasteiger partial charge in [0.2, 0.25) is 11.7 Å². The van der Waals surface area contributed by atoms with E-state index in [4.69, 9.17) is 19.2 Å². The highest BCUT2D eigenvalue weighted by Crippen LogP contribution is 2.40. The normalized spacial score (nSPS) is 15.8. The molecule has 1 N–H and O–H groups in total. The van der Waals surface area contributed by atoms with Gasteiger partial charge in [0.25, 0.3) is 0 Å². The van der Waals surface area contributed by atoms with Crippen LogP contribution in [0.2, 0.25) is 0 Å². The van der Waals surface area contributed by atoms with Crippen molar-refractivity contribution in [1.29, 1.82) is 0 Å². The average molecular weight is 381 g/mol. The molecule has 1 aliphatic rings. The van der Waals surface area contributed by atoms with Gasteiger partial charge in [0.15, 0.2) is 11.5 Å². The lowest BCUT2D eigenvalue weighted by Gasteiger charge is -2.23. The number of imidazole rings is 1. The fraction of sp³-hybridized carbons (Fsp3) is 0.333. The van der Waals surface area contributed by atoms with Gasteiger partial charge in [-0.25, -0.2) is 4.98 Å². The molecule has 0 fully saturated rings. The van der Waals surface area contributed by atoms with Gasteiger partial charge >= 0.3 is 0 Å². The second kappa shape index (κ2) is 7.42. The van der Waals surface area contributed by atoms with E-state index in [9.17, 15) is 4.79 Å². The molecule has 28 heavy (non-hydrogen) atoms. The van der Waals surface area contributed by atoms with Gasteiger partial charge in [-0.15, -0.1) is 0 Å². The number of methoxy groups -OCH3 is 3. The molecule has 0 saturated carbocycles. The minimum absolute atomic E-state index is 0.0346. The van der Waals surface area contributed by atoms with Crippen LogP contribution in [0.4, 0.5) is 5.69 Å². The van der Waals surface area contributed by atoms with Crippen LogP contribution in [0.15, 0.2) is 36.4 Å². The number of hydrogen-bond donors (Lipinski definition) is 1. The number of aromatic nitrogens is 2. The van der Waals surface area contributed by atoms with Gasteiger partial charge < -0.3 is 24.1 Å². The van der Waals surface area contributed by atoms with Crippen molar-refractivity contribution < 1.29 is 19.0 Å². The molecule has 0 bridgehead atoms. The number of benzene rings is 2. The minimum Gasteiger partial charge on any atom is -0.493 e. The van der Waals surface area contributed by atoms with E-state index in [1.165, 1.54) is 0 Å². The zero-order valence-corrected chi connectivity index (χ0v) is 16.2. The van der Waals surface area contributed by atoms with Gasteiger partial charge in [-0.1, -0.05) is 12.1 Å². The van der Waals surface area contributed by atoms with Crippen LogP contribution in [0.25, 0.3) is 11.0 Å². The third kappa shape index (κ3) is 3.13. The van der Waals surface area contributed by atoms with Crippen molar-refractivity contribution in [2.45, 2.75) is 19.4 Å². The number of rotatable bonds is 5. The van der Waals surface area contributed by atoms with Crippen LogP contribution >= 0.6 is 0 Å². The summed E-state index contributed by atoms with van der Waals surface area (Å²) < 4.78 is 18.2. The van der Waals surface area contributed by atoms with Crippen molar-refractivity contribution in [3.8, 4) is 17.2 Å². The maximum absolute atomic E-state index is 12.9. The largest absolute Gasteiger partial charge is 0.493 e. The summed E-state index contributed by atoms with van der Waals surface area (Å²) in [5, 5.41) is 2.99. The van der Waals surface area contributed by atoms with Crippen molar-refractivity contribution >= 4 is 22.6 Å². The summed E-state index contributed by atoms with van der Waals surface area (Å²) in [6.45, 7) is 0.781. The quantitative estimate of drug-likeness (QED) is 0.734. The number of ether oxygens (including phenoxy) is 3. The Morgan fingerprint density at radius 3 is 2.50 bits per heavy atom. The minimum atomic E-state index is -0.136. The van der Waals surface area contributed by atoms with E-state index < -0.39 is 0 Å². The van der Waals surface area contributed by atoms with Gasteiger partial charge in [-0.3, -0.25) is 4.79 Å². The van der Waals surface area contributed by atoms with E-state index in [-0.39, 0.29) is 11.8 Å². The first kappa shape index (κ1) is 18.2. The zero-order valence-electron chi connectivity index (χ0n) is 16.2. The molecular weight excluding hydrogens is 358 g/mol. The lowest BCUT2D eigenvalue weighted by atomic mass is 9.96. The number of nitrogens with one attached hydrogen (secondary N) is 1. The summed E-state index contributed by atoms with van der Waals surface area (Å²) in [6, 6.07) is 11.5. The van der Waals surface area contributed by atoms with E-state index in [0.29, 0.717) is 29.4 Å². The molecule has 0 aliphatic carbocycles. The van der Waals surface area contributed by atoms with Crippen LogP contribution in [0.5, 0.6) is 17.2 Å². The smallest absolute Gasteiger partial charge is 0.228 e. The number of fused-ring (bicyclic) bond motifs is 3. The molecule has 1 atom stereocenters. The number of carbonyl (C=O) groups is 1. The molecule has 1 unspecified atom stereocenters. The highest BCUT2D eigenvalue weighted by atomic mass is 16.5. The Morgan fingerprint density at radius 1 is 1.11 bits per heavy atom. The number of para-hydroxylation sites is 2.